The minimum atomic E-state index is -0.716. The summed E-state index contributed by atoms with van der Waals surface area (Å²) in [5.41, 5.74) is 1.10. The summed E-state index contributed by atoms with van der Waals surface area (Å²) in [6.07, 6.45) is 0.964. The second-order valence-electron chi connectivity index (χ2n) is 7.09. The van der Waals surface area contributed by atoms with Gasteiger partial charge < -0.3 is 9.15 Å². The molecule has 0 unspecified atom stereocenters. The van der Waals surface area contributed by atoms with Gasteiger partial charge in [0.2, 0.25) is 5.76 Å². The molecule has 28 heavy (non-hydrogen) atoms. The van der Waals surface area contributed by atoms with Crippen LogP contribution in [0.3, 0.4) is 0 Å². The largest absolute Gasteiger partial charge is 0.443 e. The van der Waals surface area contributed by atoms with Crippen LogP contribution in [0.1, 0.15) is 32.1 Å². The van der Waals surface area contributed by atoms with Gasteiger partial charge in [-0.05, 0) is 60.5 Å². The summed E-state index contributed by atoms with van der Waals surface area (Å²) in [4.78, 5) is 18.7. The first-order chi connectivity index (χ1) is 13.2. The van der Waals surface area contributed by atoms with E-state index in [9.17, 15) is 10.1 Å². The lowest BCUT2D eigenvalue weighted by Crippen LogP contribution is -2.36. The molecule has 8 heteroatoms. The van der Waals surface area contributed by atoms with Gasteiger partial charge in [-0.2, -0.15) is 5.26 Å². The van der Waals surface area contributed by atoms with Crippen molar-refractivity contribution >= 4 is 50.4 Å². The number of hydrogen-bond acceptors (Lipinski definition) is 5. The number of amides is 1. The Balaban J connectivity index is 2.14. The molecule has 0 saturated heterocycles. The minimum absolute atomic E-state index is 0.0199. The molecule has 0 saturated carbocycles. The molecule has 1 aromatic carbocycles. The third-order valence-corrected chi connectivity index (χ3v) is 4.35. The lowest BCUT2D eigenvalue weighted by molar-refractivity contribution is 0.0577. The van der Waals surface area contributed by atoms with Crippen LogP contribution in [0, 0.1) is 11.3 Å². The Kier molecular flexibility index (Phi) is 5.64. The van der Waals surface area contributed by atoms with Crippen LogP contribution in [-0.4, -0.2) is 16.7 Å². The Bertz CT molecular complexity index is 1080. The average molecular weight is 463 g/mol. The molecule has 0 spiro atoms. The Morgan fingerprint density at radius 2 is 2.14 bits per heavy atom. The number of ether oxygens (including phenoxy) is 1. The van der Waals surface area contributed by atoms with Crippen LogP contribution < -0.4 is 4.90 Å². The molecule has 0 aliphatic heterocycles. The second kappa shape index (κ2) is 7.82. The van der Waals surface area contributed by atoms with Crippen LogP contribution in [0.2, 0.25) is 5.02 Å². The maximum Gasteiger partial charge on any atom is 0.415 e. The molecule has 6 nitrogen and oxygen atoms in total. The van der Waals surface area contributed by atoms with Gasteiger partial charge in [0.25, 0.3) is 0 Å². The highest BCUT2D eigenvalue weighted by atomic mass is 79.9. The van der Waals surface area contributed by atoms with E-state index in [1.165, 1.54) is 4.90 Å². The summed E-state index contributed by atoms with van der Waals surface area (Å²) >= 11 is 9.42. The number of halogens is 2. The van der Waals surface area contributed by atoms with E-state index < -0.39 is 11.7 Å². The molecule has 2 heterocycles. The number of carbonyl (C=O) groups excluding carboxylic acids is 1. The van der Waals surface area contributed by atoms with Crippen molar-refractivity contribution in [3.8, 4) is 6.07 Å². The lowest BCUT2D eigenvalue weighted by Gasteiger charge is -2.27. The fraction of sp³-hybridized carbons (Fsp3) is 0.250. The third-order valence-electron chi connectivity index (χ3n) is 3.69. The molecular weight excluding hydrogens is 446 g/mol. The molecule has 0 atom stereocenters. The number of benzene rings is 1. The molecular formula is C20H17BrClN3O3. The highest BCUT2D eigenvalue weighted by Gasteiger charge is 2.30. The zero-order valence-corrected chi connectivity index (χ0v) is 17.8. The van der Waals surface area contributed by atoms with Gasteiger partial charge >= 0.3 is 6.09 Å². The number of fused-ring (bicyclic) bond motifs is 1. The monoisotopic (exact) mass is 461 g/mol. The number of pyridine rings is 1. The number of carbonyl (C=O) groups is 1. The maximum atomic E-state index is 13.0. The van der Waals surface area contributed by atoms with E-state index in [-0.39, 0.29) is 18.0 Å². The molecule has 0 aliphatic carbocycles. The summed E-state index contributed by atoms with van der Waals surface area (Å²) in [6.45, 7) is 5.46. The number of nitriles is 1. The van der Waals surface area contributed by atoms with Crippen molar-refractivity contribution in [2.45, 2.75) is 32.9 Å². The first-order valence-electron chi connectivity index (χ1n) is 8.41. The third kappa shape index (κ3) is 4.46. The van der Waals surface area contributed by atoms with Crippen LogP contribution in [0.5, 0.6) is 0 Å². The first kappa shape index (κ1) is 20.2. The van der Waals surface area contributed by atoms with Gasteiger partial charge in [0.1, 0.15) is 22.9 Å². The van der Waals surface area contributed by atoms with Gasteiger partial charge in [-0.1, -0.05) is 23.7 Å². The fourth-order valence-corrected chi connectivity index (χ4v) is 3.16. The highest BCUT2D eigenvalue weighted by molar-refractivity contribution is 9.10. The average Bonchev–Trinajstić information content (AvgIpc) is 2.95. The number of anilines is 1. The van der Waals surface area contributed by atoms with E-state index in [0.29, 0.717) is 20.6 Å². The standard InChI is InChI=1S/C20H17BrClN3O3/c1-20(2,3)28-19(26)25(11-12-5-4-6-14(22)7-12)18-16(9-23)27-15-8-13(21)10-24-17(15)18/h4-8,10H,11H2,1-3H3. The van der Waals surface area contributed by atoms with Crippen molar-refractivity contribution in [2.24, 2.45) is 0 Å². The molecule has 0 bridgehead atoms. The zero-order valence-electron chi connectivity index (χ0n) is 15.5. The van der Waals surface area contributed by atoms with Gasteiger partial charge in [-0.3, -0.25) is 4.90 Å². The smallest absolute Gasteiger partial charge is 0.415 e. The Hall–Kier alpha value is -2.56. The van der Waals surface area contributed by atoms with E-state index >= 15 is 0 Å². The number of aromatic nitrogens is 1. The van der Waals surface area contributed by atoms with Crippen molar-refractivity contribution < 1.29 is 13.9 Å². The topological polar surface area (TPSA) is 79.4 Å². The molecule has 3 aromatic rings. The lowest BCUT2D eigenvalue weighted by atomic mass is 10.2. The van der Waals surface area contributed by atoms with E-state index in [1.54, 1.807) is 51.2 Å². The van der Waals surface area contributed by atoms with Gasteiger partial charge in [0.05, 0.1) is 6.54 Å². The molecule has 2 aromatic heterocycles. The van der Waals surface area contributed by atoms with Gasteiger partial charge in [0.15, 0.2) is 5.58 Å². The summed E-state index contributed by atoms with van der Waals surface area (Å²) < 4.78 is 11.9. The SMILES string of the molecule is CC(C)(C)OC(=O)N(Cc1cccc(Cl)c1)c1c(C#N)oc2cc(Br)cnc12. The molecule has 0 aliphatic rings. The van der Waals surface area contributed by atoms with Crippen molar-refractivity contribution in [3.05, 3.63) is 57.3 Å². The normalized spacial score (nSPS) is 11.3. The van der Waals surface area contributed by atoms with Crippen molar-refractivity contribution in [1.29, 1.82) is 5.26 Å². The Morgan fingerprint density at radius 1 is 1.39 bits per heavy atom. The summed E-state index contributed by atoms with van der Waals surface area (Å²) in [5.74, 6) is -0.0199. The minimum Gasteiger partial charge on any atom is -0.443 e. The van der Waals surface area contributed by atoms with Gasteiger partial charge in [-0.15, -0.1) is 0 Å². The molecule has 0 radical (unpaired) electrons. The van der Waals surface area contributed by atoms with Crippen LogP contribution in [0.15, 0.2) is 45.4 Å². The Labute approximate surface area is 175 Å². The molecule has 144 valence electrons. The van der Waals surface area contributed by atoms with Crippen molar-refractivity contribution in [3.63, 3.8) is 0 Å². The van der Waals surface area contributed by atoms with E-state index in [0.717, 1.165) is 5.56 Å². The number of furan rings is 1. The fourth-order valence-electron chi connectivity index (χ4n) is 2.64. The molecule has 0 fully saturated rings. The quantitative estimate of drug-likeness (QED) is 0.473. The van der Waals surface area contributed by atoms with E-state index in [4.69, 9.17) is 20.8 Å². The molecule has 1 amide bonds. The summed E-state index contributed by atoms with van der Waals surface area (Å²) in [5, 5.41) is 10.1. The van der Waals surface area contributed by atoms with Gasteiger partial charge in [-0.25, -0.2) is 9.78 Å². The second-order valence-corrected chi connectivity index (χ2v) is 8.44. The number of hydrogen-bond donors (Lipinski definition) is 0. The van der Waals surface area contributed by atoms with Crippen LogP contribution in [0.4, 0.5) is 10.5 Å². The van der Waals surface area contributed by atoms with Crippen LogP contribution >= 0.6 is 27.5 Å². The predicted molar refractivity (Wildman–Crippen MR) is 110 cm³/mol. The maximum absolute atomic E-state index is 13.0. The molecule has 3 rings (SSSR count). The highest BCUT2D eigenvalue weighted by Crippen LogP contribution is 2.35. The van der Waals surface area contributed by atoms with Crippen molar-refractivity contribution in [1.82, 2.24) is 4.98 Å². The van der Waals surface area contributed by atoms with Crippen LogP contribution in [0.25, 0.3) is 11.1 Å². The Morgan fingerprint density at radius 3 is 2.79 bits per heavy atom. The number of nitrogens with zero attached hydrogens (tertiary/aromatic N) is 3. The van der Waals surface area contributed by atoms with Gasteiger partial charge in [0, 0.05) is 15.7 Å². The molecule has 0 N–H and O–H groups in total. The summed E-state index contributed by atoms with van der Waals surface area (Å²) in [7, 11) is 0. The van der Waals surface area contributed by atoms with Crippen molar-refractivity contribution in [2.75, 3.05) is 4.90 Å². The number of rotatable bonds is 3. The van der Waals surface area contributed by atoms with E-state index in [2.05, 4.69) is 20.9 Å². The predicted octanol–water partition coefficient (Wildman–Crippen LogP) is 6.06. The van der Waals surface area contributed by atoms with Crippen LogP contribution in [-0.2, 0) is 11.3 Å². The summed E-state index contributed by atoms with van der Waals surface area (Å²) in [6, 6.07) is 10.8. The van der Waals surface area contributed by atoms with E-state index in [1.807, 2.05) is 12.1 Å². The first-order valence-corrected chi connectivity index (χ1v) is 9.58. The zero-order chi connectivity index (χ0) is 20.5.